The van der Waals surface area contributed by atoms with Gasteiger partial charge in [-0.05, 0) is 30.5 Å². The molecule has 0 heterocycles. The van der Waals surface area contributed by atoms with Gasteiger partial charge in [0.15, 0.2) is 0 Å². The van der Waals surface area contributed by atoms with Crippen molar-refractivity contribution >= 4 is 10.0 Å². The molecule has 0 bridgehead atoms. The van der Waals surface area contributed by atoms with E-state index >= 15 is 0 Å². The molecule has 1 aliphatic rings. The number of rotatable bonds is 5. The van der Waals surface area contributed by atoms with E-state index in [4.69, 9.17) is 9.84 Å². The summed E-state index contributed by atoms with van der Waals surface area (Å²) < 4.78 is 32.7. The SMILES string of the molecule is COc1cc(CO)ccc1S(=O)(=O)NC1CCCCC1. The number of nitrogens with one attached hydrogen (secondary N) is 1. The summed E-state index contributed by atoms with van der Waals surface area (Å²) in [5.41, 5.74) is 0.624. The second-order valence-electron chi connectivity index (χ2n) is 5.10. The summed E-state index contributed by atoms with van der Waals surface area (Å²) >= 11 is 0. The van der Waals surface area contributed by atoms with Crippen LogP contribution in [0.25, 0.3) is 0 Å². The maximum atomic E-state index is 12.4. The highest BCUT2D eigenvalue weighted by Gasteiger charge is 2.24. The fourth-order valence-electron chi connectivity index (χ4n) is 2.54. The molecule has 0 atom stereocenters. The third-order valence-electron chi connectivity index (χ3n) is 3.63. The number of methoxy groups -OCH3 is 1. The van der Waals surface area contributed by atoms with Crippen molar-refractivity contribution in [1.29, 1.82) is 0 Å². The summed E-state index contributed by atoms with van der Waals surface area (Å²) in [4.78, 5) is 0.128. The predicted molar refractivity (Wildman–Crippen MR) is 76.1 cm³/mol. The van der Waals surface area contributed by atoms with E-state index in [0.717, 1.165) is 25.7 Å². The average molecular weight is 299 g/mol. The molecule has 0 amide bonds. The van der Waals surface area contributed by atoms with Crippen LogP contribution in [0.5, 0.6) is 5.75 Å². The van der Waals surface area contributed by atoms with Gasteiger partial charge < -0.3 is 9.84 Å². The minimum absolute atomic E-state index is 0.0102. The minimum atomic E-state index is -3.58. The van der Waals surface area contributed by atoms with E-state index < -0.39 is 10.0 Å². The second kappa shape index (κ2) is 6.56. The first kappa shape index (κ1) is 15.3. The Kier molecular flexibility index (Phi) is 5.01. The van der Waals surface area contributed by atoms with Crippen LogP contribution in [0.15, 0.2) is 23.1 Å². The standard InChI is InChI=1S/C14H21NO4S/c1-19-13-9-11(10-16)7-8-14(13)20(17,18)15-12-5-3-2-4-6-12/h7-9,12,15-16H,2-6,10H2,1H3. The number of sulfonamides is 1. The van der Waals surface area contributed by atoms with Crippen molar-refractivity contribution in [3.63, 3.8) is 0 Å². The van der Waals surface area contributed by atoms with E-state index in [1.165, 1.54) is 19.6 Å². The normalized spacial score (nSPS) is 17.1. The van der Waals surface area contributed by atoms with Gasteiger partial charge in [0.2, 0.25) is 10.0 Å². The van der Waals surface area contributed by atoms with E-state index in [1.54, 1.807) is 12.1 Å². The van der Waals surface area contributed by atoms with Gasteiger partial charge in [0.25, 0.3) is 0 Å². The molecule has 0 saturated heterocycles. The van der Waals surface area contributed by atoms with E-state index in [-0.39, 0.29) is 23.3 Å². The molecule has 1 fully saturated rings. The topological polar surface area (TPSA) is 75.6 Å². The van der Waals surface area contributed by atoms with Crippen molar-refractivity contribution in [3.05, 3.63) is 23.8 Å². The zero-order valence-corrected chi connectivity index (χ0v) is 12.4. The Bertz CT molecular complexity index is 550. The smallest absolute Gasteiger partial charge is 0.244 e. The quantitative estimate of drug-likeness (QED) is 0.869. The van der Waals surface area contributed by atoms with Gasteiger partial charge in [-0.25, -0.2) is 13.1 Å². The van der Waals surface area contributed by atoms with Crippen LogP contribution in [0, 0.1) is 0 Å². The van der Waals surface area contributed by atoms with Crippen molar-refractivity contribution in [1.82, 2.24) is 4.72 Å². The van der Waals surface area contributed by atoms with E-state index in [1.807, 2.05) is 0 Å². The third kappa shape index (κ3) is 3.50. The molecule has 1 saturated carbocycles. The van der Waals surface area contributed by atoms with Gasteiger partial charge in [0, 0.05) is 6.04 Å². The summed E-state index contributed by atoms with van der Waals surface area (Å²) in [5.74, 6) is 0.264. The largest absolute Gasteiger partial charge is 0.495 e. The van der Waals surface area contributed by atoms with Gasteiger partial charge in [-0.1, -0.05) is 25.3 Å². The van der Waals surface area contributed by atoms with Crippen LogP contribution in [0.1, 0.15) is 37.7 Å². The van der Waals surface area contributed by atoms with Crippen molar-refractivity contribution in [2.45, 2.75) is 49.6 Å². The number of hydrogen-bond acceptors (Lipinski definition) is 4. The molecule has 20 heavy (non-hydrogen) atoms. The lowest BCUT2D eigenvalue weighted by molar-refractivity contribution is 0.280. The van der Waals surface area contributed by atoms with Gasteiger partial charge in [-0.3, -0.25) is 0 Å². The van der Waals surface area contributed by atoms with Gasteiger partial charge in [0.05, 0.1) is 13.7 Å². The summed E-state index contributed by atoms with van der Waals surface area (Å²) in [6.45, 7) is -0.146. The Balaban J connectivity index is 2.24. The maximum Gasteiger partial charge on any atom is 0.244 e. The molecule has 5 nitrogen and oxygen atoms in total. The Hall–Kier alpha value is -1.11. The van der Waals surface area contributed by atoms with Crippen molar-refractivity contribution < 1.29 is 18.3 Å². The van der Waals surface area contributed by atoms with Crippen LogP contribution in [-0.4, -0.2) is 26.7 Å². The van der Waals surface area contributed by atoms with Crippen LogP contribution >= 0.6 is 0 Å². The summed E-state index contributed by atoms with van der Waals surface area (Å²) in [7, 11) is -2.16. The molecule has 0 aromatic heterocycles. The van der Waals surface area contributed by atoms with Gasteiger partial charge in [-0.15, -0.1) is 0 Å². The molecule has 1 aromatic rings. The zero-order chi connectivity index (χ0) is 14.6. The Morgan fingerprint density at radius 2 is 2.00 bits per heavy atom. The molecule has 6 heteroatoms. The average Bonchev–Trinajstić information content (AvgIpc) is 2.47. The second-order valence-corrected chi connectivity index (χ2v) is 6.78. The van der Waals surface area contributed by atoms with Crippen LogP contribution in [-0.2, 0) is 16.6 Å². The molecule has 112 valence electrons. The Labute approximate surface area is 120 Å². The molecule has 0 unspecified atom stereocenters. The monoisotopic (exact) mass is 299 g/mol. The Morgan fingerprint density at radius 1 is 1.30 bits per heavy atom. The highest BCUT2D eigenvalue weighted by molar-refractivity contribution is 7.89. The number of hydrogen-bond donors (Lipinski definition) is 2. The molecule has 2 rings (SSSR count). The highest BCUT2D eigenvalue weighted by atomic mass is 32.2. The fraction of sp³-hybridized carbons (Fsp3) is 0.571. The van der Waals surface area contributed by atoms with Crippen LogP contribution in [0.4, 0.5) is 0 Å². The fourth-order valence-corrected chi connectivity index (χ4v) is 3.99. The van der Waals surface area contributed by atoms with E-state index in [9.17, 15) is 8.42 Å². The first-order valence-electron chi connectivity index (χ1n) is 6.87. The summed E-state index contributed by atoms with van der Waals surface area (Å²) in [6.07, 6.45) is 5.07. The lowest BCUT2D eigenvalue weighted by atomic mass is 9.96. The van der Waals surface area contributed by atoms with Crippen molar-refractivity contribution in [3.8, 4) is 5.75 Å². The van der Waals surface area contributed by atoms with E-state index in [0.29, 0.717) is 5.56 Å². The van der Waals surface area contributed by atoms with Crippen molar-refractivity contribution in [2.24, 2.45) is 0 Å². The van der Waals surface area contributed by atoms with Crippen LogP contribution in [0.3, 0.4) is 0 Å². The lowest BCUT2D eigenvalue weighted by Gasteiger charge is -2.23. The molecular formula is C14H21NO4S. The summed E-state index contributed by atoms with van der Waals surface area (Å²) in [6, 6.07) is 4.64. The van der Waals surface area contributed by atoms with Gasteiger partial charge in [-0.2, -0.15) is 0 Å². The number of aliphatic hydroxyl groups excluding tert-OH is 1. The molecule has 0 aliphatic heterocycles. The number of ether oxygens (including phenoxy) is 1. The van der Waals surface area contributed by atoms with E-state index in [2.05, 4.69) is 4.72 Å². The zero-order valence-electron chi connectivity index (χ0n) is 11.6. The minimum Gasteiger partial charge on any atom is -0.495 e. The first-order valence-corrected chi connectivity index (χ1v) is 8.35. The molecule has 1 aromatic carbocycles. The number of aliphatic hydroxyl groups is 1. The van der Waals surface area contributed by atoms with Gasteiger partial charge in [0.1, 0.15) is 10.6 Å². The molecule has 0 spiro atoms. The Morgan fingerprint density at radius 3 is 2.60 bits per heavy atom. The van der Waals surface area contributed by atoms with Crippen LogP contribution in [0.2, 0.25) is 0 Å². The molecule has 2 N–H and O–H groups in total. The van der Waals surface area contributed by atoms with Crippen molar-refractivity contribution in [2.75, 3.05) is 7.11 Å². The summed E-state index contributed by atoms with van der Waals surface area (Å²) in [5, 5.41) is 9.09. The predicted octanol–water partition coefficient (Wildman–Crippen LogP) is 1.80. The maximum absolute atomic E-state index is 12.4. The van der Waals surface area contributed by atoms with Crippen LogP contribution < -0.4 is 9.46 Å². The molecular weight excluding hydrogens is 278 g/mol. The highest BCUT2D eigenvalue weighted by Crippen LogP contribution is 2.27. The van der Waals surface area contributed by atoms with Gasteiger partial charge >= 0.3 is 0 Å². The first-order chi connectivity index (χ1) is 9.56. The number of benzene rings is 1. The third-order valence-corrected chi connectivity index (χ3v) is 5.19. The molecule has 1 aliphatic carbocycles. The molecule has 0 radical (unpaired) electrons. The lowest BCUT2D eigenvalue weighted by Crippen LogP contribution is -2.36.